The second-order valence-electron chi connectivity index (χ2n) is 5.96. The van der Waals surface area contributed by atoms with Crippen molar-refractivity contribution in [3.8, 4) is 0 Å². The Kier molecular flexibility index (Phi) is 5.43. The number of benzene rings is 1. The predicted octanol–water partition coefficient (Wildman–Crippen LogP) is 2.54. The molecule has 1 amide bonds. The lowest BCUT2D eigenvalue weighted by molar-refractivity contribution is -0.115. The predicted molar refractivity (Wildman–Crippen MR) is 97.5 cm³/mol. The summed E-state index contributed by atoms with van der Waals surface area (Å²) in [5.41, 5.74) is 1.91. The van der Waals surface area contributed by atoms with Crippen molar-refractivity contribution in [3.63, 3.8) is 0 Å². The van der Waals surface area contributed by atoms with Gasteiger partial charge in [-0.3, -0.25) is 4.79 Å². The summed E-state index contributed by atoms with van der Waals surface area (Å²) in [6, 6.07) is 9.29. The summed E-state index contributed by atoms with van der Waals surface area (Å²) in [4.78, 5) is 12.3. The molecule has 0 aliphatic heterocycles. The van der Waals surface area contributed by atoms with E-state index in [-0.39, 0.29) is 23.8 Å². The first-order valence-electron chi connectivity index (χ1n) is 8.19. The lowest BCUT2D eigenvalue weighted by Crippen LogP contribution is -2.23. The van der Waals surface area contributed by atoms with Gasteiger partial charge in [-0.25, -0.2) is 13.1 Å². The van der Waals surface area contributed by atoms with Crippen LogP contribution in [0.2, 0.25) is 0 Å². The van der Waals surface area contributed by atoms with Gasteiger partial charge >= 0.3 is 0 Å². The van der Waals surface area contributed by atoms with Crippen molar-refractivity contribution in [1.29, 1.82) is 0 Å². The summed E-state index contributed by atoms with van der Waals surface area (Å²) in [5.74, 6) is 0.879. The van der Waals surface area contributed by atoms with Gasteiger partial charge in [0.05, 0.1) is 29.8 Å². The molecule has 142 valence electrons. The number of amides is 1. The molecule has 0 fully saturated rings. The lowest BCUT2D eigenvalue weighted by atomic mass is 10.1. The van der Waals surface area contributed by atoms with Gasteiger partial charge in [0, 0.05) is 11.3 Å². The molecule has 3 aromatic rings. The summed E-state index contributed by atoms with van der Waals surface area (Å²) in [5, 5.41) is 6.54. The van der Waals surface area contributed by atoms with Gasteiger partial charge < -0.3 is 14.3 Å². The minimum absolute atomic E-state index is 0.0608. The maximum atomic E-state index is 12.3. The number of rotatable bonds is 7. The highest BCUT2D eigenvalue weighted by Crippen LogP contribution is 2.17. The van der Waals surface area contributed by atoms with E-state index < -0.39 is 10.0 Å². The molecule has 2 N–H and O–H groups in total. The topological polar surface area (TPSA) is 114 Å². The number of aromatic nitrogens is 1. The molecule has 27 heavy (non-hydrogen) atoms. The van der Waals surface area contributed by atoms with Gasteiger partial charge in [0.1, 0.15) is 11.5 Å². The molecule has 0 atom stereocenters. The molecule has 9 heteroatoms. The van der Waals surface area contributed by atoms with Crippen molar-refractivity contribution in [2.24, 2.45) is 0 Å². The van der Waals surface area contributed by atoms with Gasteiger partial charge in [0.15, 0.2) is 0 Å². The number of aryl methyl sites for hydroxylation is 2. The number of nitrogens with zero attached hydrogens (tertiary/aromatic N) is 1. The number of sulfonamides is 1. The number of carbonyl (C=O) groups excluding carboxylic acids is 1. The zero-order chi connectivity index (χ0) is 19.4. The fourth-order valence-corrected chi connectivity index (χ4v) is 3.49. The van der Waals surface area contributed by atoms with Crippen LogP contribution in [0.5, 0.6) is 0 Å². The van der Waals surface area contributed by atoms with E-state index in [9.17, 15) is 13.2 Å². The van der Waals surface area contributed by atoms with Crippen LogP contribution in [0.25, 0.3) is 0 Å². The first-order chi connectivity index (χ1) is 12.8. The molecular weight excluding hydrogens is 370 g/mol. The molecule has 0 spiro atoms. The Morgan fingerprint density at radius 2 is 1.89 bits per heavy atom. The summed E-state index contributed by atoms with van der Waals surface area (Å²) in [6.45, 7) is 3.58. The van der Waals surface area contributed by atoms with E-state index in [1.807, 2.05) is 0 Å². The highest BCUT2D eigenvalue weighted by atomic mass is 32.2. The molecule has 1 aromatic carbocycles. The van der Waals surface area contributed by atoms with E-state index in [4.69, 9.17) is 8.94 Å². The van der Waals surface area contributed by atoms with E-state index in [1.54, 1.807) is 26.0 Å². The normalized spacial score (nSPS) is 11.5. The minimum Gasteiger partial charge on any atom is -0.468 e. The van der Waals surface area contributed by atoms with E-state index >= 15 is 0 Å². The van der Waals surface area contributed by atoms with E-state index in [2.05, 4.69) is 15.2 Å². The first-order valence-corrected chi connectivity index (χ1v) is 9.67. The SMILES string of the molecule is Cc1noc(C)c1CC(=O)Nc1ccc(S(=O)(=O)NCc2ccco2)cc1. The number of hydrogen-bond acceptors (Lipinski definition) is 6. The Balaban J connectivity index is 1.61. The smallest absolute Gasteiger partial charge is 0.240 e. The number of furan rings is 1. The van der Waals surface area contributed by atoms with Crippen molar-refractivity contribution >= 4 is 21.6 Å². The molecule has 2 heterocycles. The van der Waals surface area contributed by atoms with Crippen LogP contribution < -0.4 is 10.0 Å². The Hall–Kier alpha value is -2.91. The average Bonchev–Trinajstić information content (AvgIpc) is 3.26. The first kappa shape index (κ1) is 18.9. The van der Waals surface area contributed by atoms with Crippen molar-refractivity contribution in [3.05, 3.63) is 65.4 Å². The summed E-state index contributed by atoms with van der Waals surface area (Å²) < 4.78 is 37.2. The monoisotopic (exact) mass is 389 g/mol. The quantitative estimate of drug-likeness (QED) is 0.642. The Morgan fingerprint density at radius 3 is 2.48 bits per heavy atom. The zero-order valence-corrected chi connectivity index (χ0v) is 15.7. The fraction of sp³-hybridized carbons (Fsp3) is 0.222. The number of nitrogens with one attached hydrogen (secondary N) is 2. The van der Waals surface area contributed by atoms with Crippen molar-refractivity contribution in [1.82, 2.24) is 9.88 Å². The maximum Gasteiger partial charge on any atom is 0.240 e. The van der Waals surface area contributed by atoms with Gasteiger partial charge in [0.2, 0.25) is 15.9 Å². The second-order valence-corrected chi connectivity index (χ2v) is 7.72. The van der Waals surface area contributed by atoms with Crippen LogP contribution in [0.3, 0.4) is 0 Å². The number of carbonyl (C=O) groups is 1. The molecule has 3 rings (SSSR count). The largest absolute Gasteiger partial charge is 0.468 e. The van der Waals surface area contributed by atoms with Gasteiger partial charge in [-0.05, 0) is 50.2 Å². The van der Waals surface area contributed by atoms with Crippen LogP contribution >= 0.6 is 0 Å². The molecule has 2 aromatic heterocycles. The average molecular weight is 389 g/mol. The third kappa shape index (κ3) is 4.63. The minimum atomic E-state index is -3.68. The zero-order valence-electron chi connectivity index (χ0n) is 14.9. The van der Waals surface area contributed by atoms with E-state index in [0.29, 0.717) is 22.9 Å². The second kappa shape index (κ2) is 7.77. The third-order valence-electron chi connectivity index (χ3n) is 3.98. The van der Waals surface area contributed by atoms with Crippen LogP contribution in [0.1, 0.15) is 22.8 Å². The van der Waals surface area contributed by atoms with Gasteiger partial charge in [-0.2, -0.15) is 0 Å². The molecule has 0 bridgehead atoms. The third-order valence-corrected chi connectivity index (χ3v) is 5.40. The van der Waals surface area contributed by atoms with Crippen molar-refractivity contribution in [2.45, 2.75) is 31.7 Å². The van der Waals surface area contributed by atoms with E-state index in [1.165, 1.54) is 30.5 Å². The summed E-state index contributed by atoms with van der Waals surface area (Å²) >= 11 is 0. The Labute approximate surface area is 156 Å². The van der Waals surface area contributed by atoms with Gasteiger partial charge in [0.25, 0.3) is 0 Å². The molecule has 0 unspecified atom stereocenters. The standard InChI is InChI=1S/C18H19N3O5S/c1-12-17(13(2)26-21-12)10-18(22)20-14-5-7-16(8-6-14)27(23,24)19-11-15-4-3-9-25-15/h3-9,19H,10-11H2,1-2H3,(H,20,22). The highest BCUT2D eigenvalue weighted by Gasteiger charge is 2.16. The van der Waals surface area contributed by atoms with Crippen LogP contribution in [-0.4, -0.2) is 19.5 Å². The number of hydrogen-bond donors (Lipinski definition) is 2. The Bertz CT molecular complexity index is 1000. The fourth-order valence-electron chi connectivity index (χ4n) is 2.50. The highest BCUT2D eigenvalue weighted by molar-refractivity contribution is 7.89. The van der Waals surface area contributed by atoms with Crippen LogP contribution in [0.15, 0.2) is 56.5 Å². The van der Waals surface area contributed by atoms with Crippen LogP contribution in [0, 0.1) is 13.8 Å². The molecule has 0 saturated carbocycles. The number of anilines is 1. The van der Waals surface area contributed by atoms with Gasteiger partial charge in [-0.1, -0.05) is 5.16 Å². The van der Waals surface area contributed by atoms with Crippen molar-refractivity contribution in [2.75, 3.05) is 5.32 Å². The van der Waals surface area contributed by atoms with Crippen LogP contribution in [0.4, 0.5) is 5.69 Å². The van der Waals surface area contributed by atoms with Crippen molar-refractivity contribution < 1.29 is 22.2 Å². The molecular formula is C18H19N3O5S. The summed E-state index contributed by atoms with van der Waals surface area (Å²) in [6.07, 6.45) is 1.61. The Morgan fingerprint density at radius 1 is 1.15 bits per heavy atom. The molecule has 0 aliphatic rings. The molecule has 0 radical (unpaired) electrons. The maximum absolute atomic E-state index is 12.3. The molecule has 0 saturated heterocycles. The summed E-state index contributed by atoms with van der Waals surface area (Å²) in [7, 11) is -3.68. The van der Waals surface area contributed by atoms with Crippen LogP contribution in [-0.2, 0) is 27.8 Å². The van der Waals surface area contributed by atoms with Gasteiger partial charge in [-0.15, -0.1) is 0 Å². The van der Waals surface area contributed by atoms with E-state index in [0.717, 1.165) is 5.56 Å². The lowest BCUT2D eigenvalue weighted by Gasteiger charge is -2.08. The molecule has 0 aliphatic carbocycles. The molecule has 8 nitrogen and oxygen atoms in total.